The Morgan fingerprint density at radius 2 is 1.83 bits per heavy atom. The highest BCUT2D eigenvalue weighted by Crippen LogP contribution is 1.96. The SMILES string of the molecule is CNC(=O)CCCC(=O)C(=O)O. The number of ketones is 1. The Hall–Kier alpha value is -1.39. The molecule has 0 saturated heterocycles. The molecule has 0 aromatic rings. The van der Waals surface area contributed by atoms with E-state index < -0.39 is 11.8 Å². The van der Waals surface area contributed by atoms with Gasteiger partial charge in [0.1, 0.15) is 0 Å². The van der Waals surface area contributed by atoms with Crippen LogP contribution in [-0.2, 0) is 14.4 Å². The standard InChI is InChI=1S/C7H11NO4/c1-8-6(10)4-2-3-5(9)7(11)12/h2-4H2,1H3,(H,8,10)(H,11,12). The molecule has 0 aromatic carbocycles. The normalized spacial score (nSPS) is 9.08. The molecule has 12 heavy (non-hydrogen) atoms. The van der Waals surface area contributed by atoms with Crippen molar-refractivity contribution in [1.29, 1.82) is 0 Å². The van der Waals surface area contributed by atoms with E-state index in [1.54, 1.807) is 0 Å². The molecule has 0 aromatic heterocycles. The van der Waals surface area contributed by atoms with Crippen molar-refractivity contribution in [2.24, 2.45) is 0 Å². The number of nitrogens with one attached hydrogen (secondary N) is 1. The highest BCUT2D eigenvalue weighted by molar-refractivity contribution is 6.32. The molecule has 0 atom stereocenters. The maximum Gasteiger partial charge on any atom is 0.372 e. The summed E-state index contributed by atoms with van der Waals surface area (Å²) in [5.41, 5.74) is 0. The van der Waals surface area contributed by atoms with E-state index in [9.17, 15) is 14.4 Å². The summed E-state index contributed by atoms with van der Waals surface area (Å²) in [6.45, 7) is 0. The predicted octanol–water partition coefficient (Wildman–Crippen LogP) is -0.444. The Morgan fingerprint density at radius 3 is 2.25 bits per heavy atom. The molecule has 1 amide bonds. The van der Waals surface area contributed by atoms with Crippen molar-refractivity contribution in [3.05, 3.63) is 0 Å². The fraction of sp³-hybridized carbons (Fsp3) is 0.571. The summed E-state index contributed by atoms with van der Waals surface area (Å²) in [5, 5.41) is 10.5. The maximum atomic E-state index is 10.6. The zero-order valence-corrected chi connectivity index (χ0v) is 6.79. The van der Waals surface area contributed by atoms with Crippen LogP contribution in [0.15, 0.2) is 0 Å². The number of hydrogen-bond donors (Lipinski definition) is 2. The molecule has 0 radical (unpaired) electrons. The second-order valence-electron chi connectivity index (χ2n) is 2.26. The molecule has 0 fully saturated rings. The molecular formula is C7H11NO4. The molecule has 0 heterocycles. The van der Waals surface area contributed by atoms with Crippen molar-refractivity contribution in [2.45, 2.75) is 19.3 Å². The molecule has 0 saturated carbocycles. The number of hydrogen-bond acceptors (Lipinski definition) is 3. The Morgan fingerprint density at radius 1 is 1.25 bits per heavy atom. The molecule has 0 aliphatic heterocycles. The number of aliphatic carboxylic acids is 1. The summed E-state index contributed by atoms with van der Waals surface area (Å²) in [6.07, 6.45) is 0.392. The van der Waals surface area contributed by atoms with Crippen LogP contribution < -0.4 is 5.32 Å². The number of carboxylic acids is 1. The van der Waals surface area contributed by atoms with E-state index in [1.807, 2.05) is 0 Å². The maximum absolute atomic E-state index is 10.6. The first-order chi connectivity index (χ1) is 5.57. The number of carbonyl (C=O) groups is 3. The number of carbonyl (C=O) groups excluding carboxylic acids is 2. The summed E-state index contributed by atoms with van der Waals surface area (Å²) < 4.78 is 0. The first-order valence-corrected chi connectivity index (χ1v) is 3.54. The minimum absolute atomic E-state index is 0.0806. The lowest BCUT2D eigenvalue weighted by molar-refractivity contribution is -0.149. The van der Waals surface area contributed by atoms with Gasteiger partial charge >= 0.3 is 5.97 Å². The lowest BCUT2D eigenvalue weighted by Gasteiger charge is -1.96. The van der Waals surface area contributed by atoms with Gasteiger partial charge in [-0.05, 0) is 6.42 Å². The van der Waals surface area contributed by atoms with Gasteiger partial charge in [0.05, 0.1) is 0 Å². The third kappa shape index (κ3) is 4.43. The van der Waals surface area contributed by atoms with Crippen molar-refractivity contribution >= 4 is 17.7 Å². The monoisotopic (exact) mass is 173 g/mol. The molecule has 0 unspecified atom stereocenters. The van der Waals surface area contributed by atoms with E-state index in [0.29, 0.717) is 0 Å². The fourth-order valence-electron chi connectivity index (χ4n) is 0.641. The van der Waals surface area contributed by atoms with Gasteiger partial charge in [-0.25, -0.2) is 4.79 Å². The second kappa shape index (κ2) is 5.29. The van der Waals surface area contributed by atoms with Crippen LogP contribution in [0.2, 0.25) is 0 Å². The van der Waals surface area contributed by atoms with Crippen molar-refractivity contribution < 1.29 is 19.5 Å². The topological polar surface area (TPSA) is 83.5 Å². The highest BCUT2D eigenvalue weighted by atomic mass is 16.4. The van der Waals surface area contributed by atoms with Crippen molar-refractivity contribution in [3.63, 3.8) is 0 Å². The van der Waals surface area contributed by atoms with Crippen LogP contribution in [0.1, 0.15) is 19.3 Å². The molecule has 0 rings (SSSR count). The quantitative estimate of drug-likeness (QED) is 0.552. The van der Waals surface area contributed by atoms with Crippen molar-refractivity contribution in [2.75, 3.05) is 7.05 Å². The fourth-order valence-corrected chi connectivity index (χ4v) is 0.641. The number of rotatable bonds is 5. The van der Waals surface area contributed by atoms with E-state index in [1.165, 1.54) is 7.05 Å². The Labute approximate surface area is 69.8 Å². The summed E-state index contributed by atoms with van der Waals surface area (Å²) in [6, 6.07) is 0. The molecule has 5 nitrogen and oxygen atoms in total. The number of carboxylic acid groups (broad SMARTS) is 1. The van der Waals surface area contributed by atoms with E-state index in [0.717, 1.165) is 0 Å². The first-order valence-electron chi connectivity index (χ1n) is 3.54. The van der Waals surface area contributed by atoms with Gasteiger partial charge in [0.2, 0.25) is 11.7 Å². The van der Waals surface area contributed by atoms with Gasteiger partial charge in [-0.15, -0.1) is 0 Å². The van der Waals surface area contributed by atoms with E-state index in [4.69, 9.17) is 5.11 Å². The van der Waals surface area contributed by atoms with Gasteiger partial charge in [0.25, 0.3) is 0 Å². The van der Waals surface area contributed by atoms with Crippen LogP contribution >= 0.6 is 0 Å². The van der Waals surface area contributed by atoms with Gasteiger partial charge in [-0.2, -0.15) is 0 Å². The zero-order valence-electron chi connectivity index (χ0n) is 6.79. The third-order valence-corrected chi connectivity index (χ3v) is 1.33. The van der Waals surface area contributed by atoms with E-state index in [2.05, 4.69) is 5.32 Å². The summed E-state index contributed by atoms with van der Waals surface area (Å²) in [4.78, 5) is 31.1. The summed E-state index contributed by atoms with van der Waals surface area (Å²) in [7, 11) is 1.49. The smallest absolute Gasteiger partial charge is 0.372 e. The van der Waals surface area contributed by atoms with Gasteiger partial charge in [0, 0.05) is 19.9 Å². The Balaban J connectivity index is 3.50. The number of Topliss-reactive ketones (excluding diaryl/α,β-unsaturated/α-hetero) is 1. The van der Waals surface area contributed by atoms with Crippen molar-refractivity contribution in [3.8, 4) is 0 Å². The van der Waals surface area contributed by atoms with Crippen LogP contribution in [-0.4, -0.2) is 29.8 Å². The van der Waals surface area contributed by atoms with Crippen LogP contribution in [0.3, 0.4) is 0 Å². The Bertz CT molecular complexity index is 200. The minimum Gasteiger partial charge on any atom is -0.476 e. The van der Waals surface area contributed by atoms with Crippen LogP contribution in [0.25, 0.3) is 0 Å². The van der Waals surface area contributed by atoms with Crippen molar-refractivity contribution in [1.82, 2.24) is 5.32 Å². The van der Waals surface area contributed by atoms with E-state index >= 15 is 0 Å². The predicted molar refractivity (Wildman–Crippen MR) is 40.6 cm³/mol. The molecule has 0 aliphatic carbocycles. The zero-order chi connectivity index (χ0) is 9.56. The molecule has 5 heteroatoms. The van der Waals surface area contributed by atoms with Gasteiger partial charge in [-0.1, -0.05) is 0 Å². The minimum atomic E-state index is -1.44. The average molecular weight is 173 g/mol. The number of amides is 1. The second-order valence-corrected chi connectivity index (χ2v) is 2.26. The molecular weight excluding hydrogens is 162 g/mol. The largest absolute Gasteiger partial charge is 0.476 e. The molecule has 2 N–H and O–H groups in total. The third-order valence-electron chi connectivity index (χ3n) is 1.33. The van der Waals surface area contributed by atoms with Crippen LogP contribution in [0, 0.1) is 0 Å². The van der Waals surface area contributed by atoms with Crippen LogP contribution in [0.5, 0.6) is 0 Å². The van der Waals surface area contributed by atoms with Gasteiger partial charge < -0.3 is 10.4 Å². The molecule has 0 aliphatic rings. The lowest BCUT2D eigenvalue weighted by atomic mass is 10.2. The molecule has 68 valence electrons. The lowest BCUT2D eigenvalue weighted by Crippen LogP contribution is -2.18. The highest BCUT2D eigenvalue weighted by Gasteiger charge is 2.10. The Kier molecular flexibility index (Phi) is 4.67. The van der Waals surface area contributed by atoms with Gasteiger partial charge in [0.15, 0.2) is 0 Å². The van der Waals surface area contributed by atoms with E-state index in [-0.39, 0.29) is 25.2 Å². The first kappa shape index (κ1) is 10.6. The van der Waals surface area contributed by atoms with Gasteiger partial charge in [-0.3, -0.25) is 9.59 Å². The summed E-state index contributed by atoms with van der Waals surface area (Å²) in [5.74, 6) is -2.47. The molecule has 0 spiro atoms. The molecule has 0 bridgehead atoms. The average Bonchev–Trinajstić information content (AvgIpc) is 2.03. The van der Waals surface area contributed by atoms with Crippen LogP contribution in [0.4, 0.5) is 0 Å². The summed E-state index contributed by atoms with van der Waals surface area (Å²) >= 11 is 0.